The van der Waals surface area contributed by atoms with Crippen LogP contribution in [0.2, 0.25) is 0 Å². The number of amides is 4. The minimum Gasteiger partial charge on any atom is -0.435 e. The number of benzene rings is 2. The van der Waals surface area contributed by atoms with E-state index < -0.39 is 36.5 Å². The van der Waals surface area contributed by atoms with Crippen molar-refractivity contribution in [1.29, 1.82) is 0 Å². The SMILES string of the molecule is CCN(c1ccc(NC(=O)CN2C(=O)NC(C)(c3ccc(OC(F)F)cc3)C2=O)cc1)C(C)C. The van der Waals surface area contributed by atoms with Crippen LogP contribution in [0.5, 0.6) is 5.75 Å². The van der Waals surface area contributed by atoms with E-state index in [2.05, 4.69) is 41.0 Å². The summed E-state index contributed by atoms with van der Waals surface area (Å²) >= 11 is 0. The Kier molecular flexibility index (Phi) is 7.38. The fourth-order valence-electron chi connectivity index (χ4n) is 3.93. The first-order valence-corrected chi connectivity index (χ1v) is 10.9. The Morgan fingerprint density at radius 1 is 1.12 bits per heavy atom. The largest absolute Gasteiger partial charge is 0.435 e. The third-order valence-electron chi connectivity index (χ3n) is 5.68. The first-order valence-electron chi connectivity index (χ1n) is 10.9. The minimum absolute atomic E-state index is 0.0724. The number of urea groups is 1. The fourth-order valence-corrected chi connectivity index (χ4v) is 3.93. The lowest BCUT2D eigenvalue weighted by Gasteiger charge is -2.27. The molecule has 0 saturated carbocycles. The van der Waals surface area contributed by atoms with Gasteiger partial charge in [-0.25, -0.2) is 4.79 Å². The van der Waals surface area contributed by atoms with Crippen LogP contribution in [0.1, 0.15) is 33.3 Å². The molecule has 0 aliphatic carbocycles. The Morgan fingerprint density at radius 2 is 1.74 bits per heavy atom. The molecule has 3 rings (SSSR count). The molecule has 1 fully saturated rings. The van der Waals surface area contributed by atoms with E-state index in [0.29, 0.717) is 17.3 Å². The maximum atomic E-state index is 13.0. The monoisotopic (exact) mass is 474 g/mol. The van der Waals surface area contributed by atoms with Crippen LogP contribution in [-0.2, 0) is 15.1 Å². The number of anilines is 2. The van der Waals surface area contributed by atoms with Gasteiger partial charge in [0.25, 0.3) is 5.91 Å². The van der Waals surface area contributed by atoms with Crippen molar-refractivity contribution in [2.75, 3.05) is 23.3 Å². The molecule has 0 spiro atoms. The zero-order valence-electron chi connectivity index (χ0n) is 19.5. The average Bonchev–Trinajstić information content (AvgIpc) is 2.99. The minimum atomic E-state index is -2.97. The molecule has 1 aliphatic rings. The van der Waals surface area contributed by atoms with Crippen LogP contribution >= 0.6 is 0 Å². The summed E-state index contributed by atoms with van der Waals surface area (Å²) in [6.45, 7) is 5.14. The lowest BCUT2D eigenvalue weighted by Crippen LogP contribution is -2.42. The summed E-state index contributed by atoms with van der Waals surface area (Å²) in [5.74, 6) is -1.23. The Balaban J connectivity index is 1.66. The summed E-state index contributed by atoms with van der Waals surface area (Å²) in [6, 6.07) is 12.3. The van der Waals surface area contributed by atoms with Gasteiger partial charge in [-0.3, -0.25) is 14.5 Å². The molecule has 1 unspecified atom stereocenters. The van der Waals surface area contributed by atoms with E-state index in [1.165, 1.54) is 31.2 Å². The summed E-state index contributed by atoms with van der Waals surface area (Å²) < 4.78 is 29.0. The highest BCUT2D eigenvalue weighted by Crippen LogP contribution is 2.30. The van der Waals surface area contributed by atoms with Gasteiger partial charge in [-0.2, -0.15) is 8.78 Å². The van der Waals surface area contributed by atoms with Crippen molar-refractivity contribution >= 4 is 29.2 Å². The van der Waals surface area contributed by atoms with E-state index in [4.69, 9.17) is 0 Å². The van der Waals surface area contributed by atoms with Gasteiger partial charge in [0.2, 0.25) is 5.91 Å². The third kappa shape index (κ3) is 5.27. The summed E-state index contributed by atoms with van der Waals surface area (Å²) in [6.07, 6.45) is 0. The first kappa shape index (κ1) is 24.9. The van der Waals surface area contributed by atoms with Gasteiger partial charge in [0.1, 0.15) is 17.8 Å². The lowest BCUT2D eigenvalue weighted by molar-refractivity contribution is -0.133. The first-order chi connectivity index (χ1) is 16.0. The third-order valence-corrected chi connectivity index (χ3v) is 5.68. The van der Waals surface area contributed by atoms with Crippen LogP contribution in [0.4, 0.5) is 25.0 Å². The number of ether oxygens (including phenoxy) is 1. The van der Waals surface area contributed by atoms with Gasteiger partial charge in [-0.05, 0) is 69.7 Å². The van der Waals surface area contributed by atoms with E-state index in [9.17, 15) is 23.2 Å². The Labute approximate surface area is 196 Å². The van der Waals surface area contributed by atoms with E-state index in [1.54, 1.807) is 12.1 Å². The topological polar surface area (TPSA) is 91.0 Å². The molecule has 0 bridgehead atoms. The van der Waals surface area contributed by atoms with Crippen molar-refractivity contribution in [2.45, 2.75) is 45.9 Å². The number of rotatable bonds is 9. The molecule has 34 heavy (non-hydrogen) atoms. The molecule has 0 radical (unpaired) electrons. The van der Waals surface area contributed by atoms with E-state index >= 15 is 0 Å². The summed E-state index contributed by atoms with van der Waals surface area (Å²) in [5, 5.41) is 5.27. The molecule has 4 amide bonds. The summed E-state index contributed by atoms with van der Waals surface area (Å²) in [7, 11) is 0. The predicted molar refractivity (Wildman–Crippen MR) is 124 cm³/mol. The molecular weight excluding hydrogens is 446 g/mol. The molecule has 182 valence electrons. The fraction of sp³-hybridized carbons (Fsp3) is 0.375. The van der Waals surface area contributed by atoms with Gasteiger partial charge in [0.15, 0.2) is 0 Å². The molecule has 8 nitrogen and oxygen atoms in total. The average molecular weight is 475 g/mol. The van der Waals surface area contributed by atoms with Crippen LogP contribution in [-0.4, -0.2) is 48.5 Å². The second kappa shape index (κ2) is 10.1. The molecule has 2 N–H and O–H groups in total. The van der Waals surface area contributed by atoms with Crippen molar-refractivity contribution in [1.82, 2.24) is 10.2 Å². The number of imide groups is 1. The number of nitrogens with zero attached hydrogens (tertiary/aromatic N) is 2. The number of hydrogen-bond acceptors (Lipinski definition) is 5. The number of alkyl halides is 2. The highest BCUT2D eigenvalue weighted by Gasteiger charge is 2.49. The zero-order valence-corrected chi connectivity index (χ0v) is 19.5. The zero-order chi connectivity index (χ0) is 25.0. The quantitative estimate of drug-likeness (QED) is 0.538. The number of carbonyl (C=O) groups excluding carboxylic acids is 3. The molecule has 0 aromatic heterocycles. The predicted octanol–water partition coefficient (Wildman–Crippen LogP) is 3.93. The maximum absolute atomic E-state index is 13.0. The molecule has 1 aliphatic heterocycles. The Morgan fingerprint density at radius 3 is 2.26 bits per heavy atom. The smallest absolute Gasteiger partial charge is 0.387 e. The van der Waals surface area contributed by atoms with Crippen molar-refractivity contribution < 1.29 is 27.9 Å². The summed E-state index contributed by atoms with van der Waals surface area (Å²) in [5.41, 5.74) is 0.489. The second-order valence-electron chi connectivity index (χ2n) is 8.32. The van der Waals surface area contributed by atoms with Crippen LogP contribution in [0.3, 0.4) is 0 Å². The molecular formula is C24H28F2N4O4. The second-order valence-corrected chi connectivity index (χ2v) is 8.32. The van der Waals surface area contributed by atoms with Gasteiger partial charge in [-0.15, -0.1) is 0 Å². The highest BCUT2D eigenvalue weighted by molar-refractivity contribution is 6.10. The standard InChI is InChI=1S/C24H28F2N4O4/c1-5-29(15(2)3)18-10-8-17(9-11-18)27-20(31)14-30-21(32)24(4,28-23(30)33)16-6-12-19(13-7-16)34-22(25)26/h6-13,15,22H,5,14H2,1-4H3,(H,27,31)(H,28,33). The molecule has 1 atom stereocenters. The maximum Gasteiger partial charge on any atom is 0.387 e. The number of halogens is 2. The Bertz CT molecular complexity index is 1040. The van der Waals surface area contributed by atoms with Crippen molar-refractivity contribution in [2.24, 2.45) is 0 Å². The van der Waals surface area contributed by atoms with Crippen LogP contribution in [0.25, 0.3) is 0 Å². The van der Waals surface area contributed by atoms with Gasteiger partial charge in [0, 0.05) is 24.0 Å². The number of nitrogens with one attached hydrogen (secondary N) is 2. The van der Waals surface area contributed by atoms with Crippen molar-refractivity contribution in [3.05, 3.63) is 54.1 Å². The van der Waals surface area contributed by atoms with Gasteiger partial charge in [-0.1, -0.05) is 12.1 Å². The molecule has 1 heterocycles. The number of hydrogen-bond donors (Lipinski definition) is 2. The Hall–Kier alpha value is -3.69. The van der Waals surface area contributed by atoms with Crippen molar-refractivity contribution in [3.63, 3.8) is 0 Å². The lowest BCUT2D eigenvalue weighted by atomic mass is 9.92. The summed E-state index contributed by atoms with van der Waals surface area (Å²) in [4.78, 5) is 41.1. The molecule has 1 saturated heterocycles. The normalized spacial score (nSPS) is 17.8. The van der Waals surface area contributed by atoms with E-state index in [1.807, 2.05) is 12.1 Å². The van der Waals surface area contributed by atoms with Crippen molar-refractivity contribution in [3.8, 4) is 5.75 Å². The van der Waals surface area contributed by atoms with Gasteiger partial charge < -0.3 is 20.3 Å². The van der Waals surface area contributed by atoms with E-state index in [-0.39, 0.29) is 5.75 Å². The molecule has 2 aromatic carbocycles. The van der Waals surface area contributed by atoms with Crippen LogP contribution < -0.4 is 20.3 Å². The highest BCUT2D eigenvalue weighted by atomic mass is 19.3. The van der Waals surface area contributed by atoms with Gasteiger partial charge >= 0.3 is 12.6 Å². The van der Waals surface area contributed by atoms with Gasteiger partial charge in [0.05, 0.1) is 0 Å². The van der Waals surface area contributed by atoms with Crippen LogP contribution in [0.15, 0.2) is 48.5 Å². The molecule has 10 heteroatoms. The van der Waals surface area contributed by atoms with Crippen LogP contribution in [0, 0.1) is 0 Å². The molecule has 2 aromatic rings. The van der Waals surface area contributed by atoms with E-state index in [0.717, 1.165) is 17.1 Å². The number of carbonyl (C=O) groups is 3.